The molecule has 0 spiro atoms. The summed E-state index contributed by atoms with van der Waals surface area (Å²) in [4.78, 5) is 11.5. The second-order valence-corrected chi connectivity index (χ2v) is 6.31. The van der Waals surface area contributed by atoms with E-state index in [2.05, 4.69) is 21.2 Å². The van der Waals surface area contributed by atoms with Crippen LogP contribution in [0.25, 0.3) is 0 Å². The molecule has 118 valence electrons. The Bertz CT molecular complexity index is 510. The van der Waals surface area contributed by atoms with Crippen molar-refractivity contribution < 1.29 is 22.7 Å². The van der Waals surface area contributed by atoms with Gasteiger partial charge in [0, 0.05) is 16.7 Å². The van der Waals surface area contributed by atoms with E-state index >= 15 is 0 Å². The number of carbonyl (C=O) groups excluding carboxylic acids is 1. The number of rotatable bonds is 4. The van der Waals surface area contributed by atoms with Crippen molar-refractivity contribution in [2.75, 3.05) is 11.9 Å². The van der Waals surface area contributed by atoms with Crippen LogP contribution in [-0.2, 0) is 15.7 Å². The Kier molecular flexibility index (Phi) is 5.67. The molecule has 0 aliphatic heterocycles. The van der Waals surface area contributed by atoms with Gasteiger partial charge in [-0.2, -0.15) is 13.2 Å². The summed E-state index contributed by atoms with van der Waals surface area (Å²) in [6.45, 7) is 5.44. The van der Waals surface area contributed by atoms with Crippen molar-refractivity contribution in [3.8, 4) is 0 Å². The lowest BCUT2D eigenvalue weighted by Crippen LogP contribution is -2.25. The Hall–Kier alpha value is -1.24. The number of hydrogen-bond acceptors (Lipinski definition) is 3. The highest BCUT2D eigenvalue weighted by atomic mass is 79.9. The van der Waals surface area contributed by atoms with Crippen LogP contribution in [0.1, 0.15) is 32.8 Å². The summed E-state index contributed by atoms with van der Waals surface area (Å²) in [7, 11) is 0. The maximum atomic E-state index is 12.6. The number of esters is 1. The van der Waals surface area contributed by atoms with Gasteiger partial charge in [0.05, 0.1) is 12.0 Å². The van der Waals surface area contributed by atoms with Crippen molar-refractivity contribution in [3.63, 3.8) is 0 Å². The molecule has 0 fully saturated rings. The molecule has 0 aliphatic rings. The molecule has 1 rings (SSSR count). The van der Waals surface area contributed by atoms with Crippen LogP contribution in [-0.4, -0.2) is 18.1 Å². The molecule has 7 heteroatoms. The molecular formula is C14H17BrF3NO2. The number of carbonyl (C=O) groups is 1. The van der Waals surface area contributed by atoms with Crippen LogP contribution in [0.15, 0.2) is 22.7 Å². The monoisotopic (exact) mass is 367 g/mol. The van der Waals surface area contributed by atoms with E-state index in [1.165, 1.54) is 6.07 Å². The topological polar surface area (TPSA) is 38.3 Å². The van der Waals surface area contributed by atoms with E-state index in [4.69, 9.17) is 4.74 Å². The molecule has 0 aliphatic carbocycles. The van der Waals surface area contributed by atoms with E-state index in [9.17, 15) is 18.0 Å². The molecule has 0 radical (unpaired) electrons. The molecule has 0 saturated carbocycles. The highest BCUT2D eigenvalue weighted by Gasteiger charge is 2.30. The molecule has 1 N–H and O–H groups in total. The number of benzene rings is 1. The first-order chi connectivity index (χ1) is 9.49. The van der Waals surface area contributed by atoms with Gasteiger partial charge in [-0.3, -0.25) is 4.79 Å². The van der Waals surface area contributed by atoms with Gasteiger partial charge in [-0.1, -0.05) is 0 Å². The normalized spacial score (nSPS) is 12.1. The summed E-state index contributed by atoms with van der Waals surface area (Å²) in [5, 5.41) is 2.79. The van der Waals surface area contributed by atoms with Crippen molar-refractivity contribution in [2.24, 2.45) is 0 Å². The lowest BCUT2D eigenvalue weighted by molar-refractivity contribution is -0.154. The first-order valence-corrected chi connectivity index (χ1v) is 7.11. The minimum Gasteiger partial charge on any atom is -0.460 e. The van der Waals surface area contributed by atoms with E-state index in [0.717, 1.165) is 12.1 Å². The predicted molar refractivity (Wildman–Crippen MR) is 78.1 cm³/mol. The molecule has 0 saturated heterocycles. The van der Waals surface area contributed by atoms with E-state index < -0.39 is 23.3 Å². The zero-order valence-electron chi connectivity index (χ0n) is 12.0. The fourth-order valence-corrected chi connectivity index (χ4v) is 1.92. The number of hydrogen-bond donors (Lipinski definition) is 1. The zero-order valence-corrected chi connectivity index (χ0v) is 13.6. The largest absolute Gasteiger partial charge is 0.460 e. The van der Waals surface area contributed by atoms with Gasteiger partial charge in [0.2, 0.25) is 0 Å². The van der Waals surface area contributed by atoms with Crippen LogP contribution in [0.3, 0.4) is 0 Å². The maximum absolute atomic E-state index is 12.6. The van der Waals surface area contributed by atoms with Crippen molar-refractivity contribution in [1.82, 2.24) is 0 Å². The van der Waals surface area contributed by atoms with E-state index in [1.54, 1.807) is 20.8 Å². The third kappa shape index (κ3) is 6.37. The van der Waals surface area contributed by atoms with Gasteiger partial charge in [0.1, 0.15) is 5.60 Å². The zero-order chi connectivity index (χ0) is 16.3. The van der Waals surface area contributed by atoms with Crippen LogP contribution in [0.2, 0.25) is 0 Å². The molecular weight excluding hydrogens is 351 g/mol. The molecule has 0 heterocycles. The second-order valence-electron chi connectivity index (χ2n) is 5.46. The van der Waals surface area contributed by atoms with Gasteiger partial charge >= 0.3 is 12.1 Å². The number of nitrogens with one attached hydrogen (secondary N) is 1. The molecule has 0 unspecified atom stereocenters. The SMILES string of the molecule is CC(C)(C)OC(=O)CCNc1cc(C(F)(F)F)ccc1Br. The van der Waals surface area contributed by atoms with Crippen LogP contribution < -0.4 is 5.32 Å². The quantitative estimate of drug-likeness (QED) is 0.789. The second kappa shape index (κ2) is 6.68. The molecule has 3 nitrogen and oxygen atoms in total. The van der Waals surface area contributed by atoms with Gasteiger partial charge in [0.25, 0.3) is 0 Å². The molecule has 0 aromatic heterocycles. The van der Waals surface area contributed by atoms with Crippen molar-refractivity contribution in [2.45, 2.75) is 39.0 Å². The predicted octanol–water partition coefficient (Wildman–Crippen LogP) is 4.61. The summed E-state index contributed by atoms with van der Waals surface area (Å²) < 4.78 is 43.5. The van der Waals surface area contributed by atoms with Gasteiger partial charge in [-0.05, 0) is 54.9 Å². The Morgan fingerprint density at radius 1 is 1.29 bits per heavy atom. The van der Waals surface area contributed by atoms with Crippen molar-refractivity contribution in [3.05, 3.63) is 28.2 Å². The summed E-state index contributed by atoms with van der Waals surface area (Å²) in [6.07, 6.45) is -4.33. The number of alkyl halides is 3. The highest BCUT2D eigenvalue weighted by Crippen LogP contribution is 2.33. The summed E-state index contributed by atoms with van der Waals surface area (Å²) in [6, 6.07) is 3.31. The summed E-state index contributed by atoms with van der Waals surface area (Å²) in [5.41, 5.74) is -1.03. The lowest BCUT2D eigenvalue weighted by atomic mass is 10.2. The molecule has 1 aromatic rings. The molecule has 21 heavy (non-hydrogen) atoms. The van der Waals surface area contributed by atoms with Crippen LogP contribution >= 0.6 is 15.9 Å². The summed E-state index contributed by atoms with van der Waals surface area (Å²) >= 11 is 3.17. The first-order valence-electron chi connectivity index (χ1n) is 6.31. The molecule has 0 amide bonds. The lowest BCUT2D eigenvalue weighted by Gasteiger charge is -2.19. The number of halogens is 4. The van der Waals surface area contributed by atoms with E-state index in [0.29, 0.717) is 4.47 Å². The van der Waals surface area contributed by atoms with Gasteiger partial charge in [-0.25, -0.2) is 0 Å². The van der Waals surface area contributed by atoms with Crippen LogP contribution in [0.5, 0.6) is 0 Å². The summed E-state index contributed by atoms with van der Waals surface area (Å²) in [5.74, 6) is -0.405. The molecule has 0 atom stereocenters. The molecule has 1 aromatic carbocycles. The third-order valence-corrected chi connectivity index (χ3v) is 3.05. The average molecular weight is 368 g/mol. The van der Waals surface area contributed by atoms with Crippen LogP contribution in [0.4, 0.5) is 18.9 Å². The Labute approximate surface area is 130 Å². The van der Waals surface area contributed by atoms with Crippen LogP contribution in [0, 0.1) is 0 Å². The minimum absolute atomic E-state index is 0.0694. The minimum atomic E-state index is -4.40. The standard InChI is InChI=1S/C14H17BrF3NO2/c1-13(2,3)21-12(20)6-7-19-11-8-9(14(16,17)18)4-5-10(11)15/h4-5,8,19H,6-7H2,1-3H3. The average Bonchev–Trinajstić information content (AvgIpc) is 2.27. The fraction of sp³-hybridized carbons (Fsp3) is 0.500. The Morgan fingerprint density at radius 2 is 1.90 bits per heavy atom. The van der Waals surface area contributed by atoms with E-state index in [-0.39, 0.29) is 18.7 Å². The van der Waals surface area contributed by atoms with E-state index in [1.807, 2.05) is 0 Å². The smallest absolute Gasteiger partial charge is 0.416 e. The number of anilines is 1. The Morgan fingerprint density at radius 3 is 2.43 bits per heavy atom. The highest BCUT2D eigenvalue weighted by molar-refractivity contribution is 9.10. The third-order valence-electron chi connectivity index (χ3n) is 2.36. The van der Waals surface area contributed by atoms with Gasteiger partial charge < -0.3 is 10.1 Å². The van der Waals surface area contributed by atoms with Gasteiger partial charge in [-0.15, -0.1) is 0 Å². The van der Waals surface area contributed by atoms with Crippen molar-refractivity contribution in [1.29, 1.82) is 0 Å². The number of ether oxygens (including phenoxy) is 1. The first kappa shape index (κ1) is 17.8. The van der Waals surface area contributed by atoms with Crippen molar-refractivity contribution >= 4 is 27.6 Å². The fourth-order valence-electron chi connectivity index (χ4n) is 1.53. The Balaban J connectivity index is 2.62. The van der Waals surface area contributed by atoms with Gasteiger partial charge in [0.15, 0.2) is 0 Å². The molecule has 0 bridgehead atoms. The maximum Gasteiger partial charge on any atom is 0.416 e.